The van der Waals surface area contributed by atoms with Crippen molar-refractivity contribution in [3.8, 4) is 0 Å². The van der Waals surface area contributed by atoms with Gasteiger partial charge in [-0.2, -0.15) is 0 Å². The number of amides is 1. The average molecular weight is 265 g/mol. The van der Waals surface area contributed by atoms with Gasteiger partial charge in [0.05, 0.1) is 0 Å². The third kappa shape index (κ3) is 3.50. The standard InChI is InChI=1S/C14H19NO2S/c1-10-2-3-12(18)8-13(10)14(16)15-9-11-4-6-17-7-5-11/h2-3,8,11,18H,4-7,9H2,1H3,(H,15,16). The molecule has 18 heavy (non-hydrogen) atoms. The fraction of sp³-hybridized carbons (Fsp3) is 0.500. The van der Waals surface area contributed by atoms with Crippen LogP contribution in [0.2, 0.25) is 0 Å². The van der Waals surface area contributed by atoms with Crippen molar-refractivity contribution in [3.05, 3.63) is 29.3 Å². The van der Waals surface area contributed by atoms with E-state index >= 15 is 0 Å². The van der Waals surface area contributed by atoms with E-state index in [0.717, 1.165) is 48.6 Å². The van der Waals surface area contributed by atoms with Crippen molar-refractivity contribution in [2.45, 2.75) is 24.7 Å². The first-order chi connectivity index (χ1) is 8.66. The Bertz CT molecular complexity index is 428. The molecule has 1 amide bonds. The van der Waals surface area contributed by atoms with E-state index in [-0.39, 0.29) is 5.91 Å². The maximum absolute atomic E-state index is 12.1. The van der Waals surface area contributed by atoms with Gasteiger partial charge in [0, 0.05) is 30.2 Å². The van der Waals surface area contributed by atoms with E-state index in [9.17, 15) is 4.79 Å². The third-order valence-electron chi connectivity index (χ3n) is 3.36. The van der Waals surface area contributed by atoms with Gasteiger partial charge < -0.3 is 10.1 Å². The summed E-state index contributed by atoms with van der Waals surface area (Å²) >= 11 is 4.27. The molecule has 0 spiro atoms. The van der Waals surface area contributed by atoms with Crippen LogP contribution in [-0.2, 0) is 4.74 Å². The molecule has 0 aliphatic carbocycles. The maximum Gasteiger partial charge on any atom is 0.251 e. The van der Waals surface area contributed by atoms with Crippen LogP contribution in [0.3, 0.4) is 0 Å². The van der Waals surface area contributed by atoms with Crippen LogP contribution in [0.1, 0.15) is 28.8 Å². The van der Waals surface area contributed by atoms with E-state index < -0.39 is 0 Å². The van der Waals surface area contributed by atoms with Gasteiger partial charge in [0.25, 0.3) is 5.91 Å². The number of aryl methyl sites for hydroxylation is 1. The van der Waals surface area contributed by atoms with Crippen molar-refractivity contribution in [1.29, 1.82) is 0 Å². The fourth-order valence-corrected chi connectivity index (χ4v) is 2.34. The van der Waals surface area contributed by atoms with Crippen LogP contribution in [0.5, 0.6) is 0 Å². The van der Waals surface area contributed by atoms with Crippen LogP contribution in [-0.4, -0.2) is 25.7 Å². The normalized spacial score (nSPS) is 16.6. The smallest absolute Gasteiger partial charge is 0.251 e. The van der Waals surface area contributed by atoms with Crippen molar-refractivity contribution in [3.63, 3.8) is 0 Å². The molecule has 4 heteroatoms. The molecule has 1 aromatic rings. The van der Waals surface area contributed by atoms with E-state index in [4.69, 9.17) is 4.74 Å². The molecule has 1 saturated heterocycles. The Labute approximate surface area is 113 Å². The summed E-state index contributed by atoms with van der Waals surface area (Å²) in [5.74, 6) is 0.539. The number of rotatable bonds is 3. The minimum Gasteiger partial charge on any atom is -0.381 e. The van der Waals surface area contributed by atoms with Crippen LogP contribution in [0.25, 0.3) is 0 Å². The van der Waals surface area contributed by atoms with Gasteiger partial charge in [0.2, 0.25) is 0 Å². The van der Waals surface area contributed by atoms with E-state index in [1.807, 2.05) is 25.1 Å². The van der Waals surface area contributed by atoms with Gasteiger partial charge in [-0.3, -0.25) is 4.79 Å². The van der Waals surface area contributed by atoms with E-state index in [1.54, 1.807) is 0 Å². The molecule has 0 atom stereocenters. The summed E-state index contributed by atoms with van der Waals surface area (Å²) in [7, 11) is 0. The summed E-state index contributed by atoms with van der Waals surface area (Å²) < 4.78 is 5.30. The molecule has 0 aromatic heterocycles. The molecular weight excluding hydrogens is 246 g/mol. The first-order valence-corrected chi connectivity index (χ1v) is 6.77. The minimum absolute atomic E-state index is 0.00473. The monoisotopic (exact) mass is 265 g/mol. The summed E-state index contributed by atoms with van der Waals surface area (Å²) in [6, 6.07) is 5.64. The molecule has 0 bridgehead atoms. The molecule has 3 nitrogen and oxygen atoms in total. The van der Waals surface area contributed by atoms with Crippen LogP contribution >= 0.6 is 12.6 Å². The molecule has 1 aliphatic rings. The zero-order valence-electron chi connectivity index (χ0n) is 10.6. The number of hydrogen-bond donors (Lipinski definition) is 2. The Morgan fingerprint density at radius 1 is 1.44 bits per heavy atom. The van der Waals surface area contributed by atoms with E-state index in [0.29, 0.717) is 5.92 Å². The molecular formula is C14H19NO2S. The predicted octanol–water partition coefficient (Wildman–Crippen LogP) is 2.44. The second-order valence-corrected chi connectivity index (χ2v) is 5.28. The largest absolute Gasteiger partial charge is 0.381 e. The SMILES string of the molecule is Cc1ccc(S)cc1C(=O)NCC1CCOCC1. The second-order valence-electron chi connectivity index (χ2n) is 4.76. The molecule has 0 saturated carbocycles. The molecule has 1 aromatic carbocycles. The Morgan fingerprint density at radius 3 is 2.89 bits per heavy atom. The molecule has 0 unspecified atom stereocenters. The van der Waals surface area contributed by atoms with Gasteiger partial charge in [-0.05, 0) is 43.4 Å². The summed E-state index contributed by atoms with van der Waals surface area (Å²) in [5.41, 5.74) is 1.70. The topological polar surface area (TPSA) is 38.3 Å². The number of benzene rings is 1. The predicted molar refractivity (Wildman–Crippen MR) is 74.3 cm³/mol. The summed E-state index contributed by atoms with van der Waals surface area (Å²) in [6.45, 7) is 4.30. The lowest BCUT2D eigenvalue weighted by atomic mass is 10.00. The lowest BCUT2D eigenvalue weighted by molar-refractivity contribution is 0.0642. The molecule has 1 N–H and O–H groups in total. The number of carbonyl (C=O) groups excluding carboxylic acids is 1. The lowest BCUT2D eigenvalue weighted by Crippen LogP contribution is -2.32. The highest BCUT2D eigenvalue weighted by Crippen LogP contribution is 2.16. The van der Waals surface area contributed by atoms with Crippen molar-refractivity contribution in [2.75, 3.05) is 19.8 Å². The van der Waals surface area contributed by atoms with Gasteiger partial charge in [0.1, 0.15) is 0 Å². The summed E-state index contributed by atoms with van der Waals surface area (Å²) in [6.07, 6.45) is 2.07. The Kier molecular flexibility index (Phi) is 4.66. The highest BCUT2D eigenvalue weighted by Gasteiger charge is 2.16. The van der Waals surface area contributed by atoms with Gasteiger partial charge in [-0.25, -0.2) is 0 Å². The quantitative estimate of drug-likeness (QED) is 0.824. The Hall–Kier alpha value is -1.00. The summed E-state index contributed by atoms with van der Waals surface area (Å²) in [5, 5.41) is 3.01. The van der Waals surface area contributed by atoms with Crippen molar-refractivity contribution in [2.24, 2.45) is 5.92 Å². The fourth-order valence-electron chi connectivity index (χ4n) is 2.14. The maximum atomic E-state index is 12.1. The van der Waals surface area contributed by atoms with Crippen LogP contribution in [0.4, 0.5) is 0 Å². The number of nitrogens with one attached hydrogen (secondary N) is 1. The number of carbonyl (C=O) groups is 1. The molecule has 1 aliphatic heterocycles. The van der Waals surface area contributed by atoms with Crippen molar-refractivity contribution >= 4 is 18.5 Å². The molecule has 2 rings (SSSR count). The van der Waals surface area contributed by atoms with Crippen LogP contribution in [0.15, 0.2) is 23.1 Å². The number of thiol groups is 1. The highest BCUT2D eigenvalue weighted by molar-refractivity contribution is 7.80. The first kappa shape index (κ1) is 13.4. The first-order valence-electron chi connectivity index (χ1n) is 6.32. The van der Waals surface area contributed by atoms with Crippen molar-refractivity contribution < 1.29 is 9.53 Å². The molecule has 1 heterocycles. The van der Waals surface area contributed by atoms with E-state index in [2.05, 4.69) is 17.9 Å². The third-order valence-corrected chi connectivity index (χ3v) is 3.64. The van der Waals surface area contributed by atoms with Gasteiger partial charge in [0.15, 0.2) is 0 Å². The van der Waals surface area contributed by atoms with Crippen LogP contribution in [0, 0.1) is 12.8 Å². The number of ether oxygens (including phenoxy) is 1. The molecule has 0 radical (unpaired) electrons. The highest BCUT2D eigenvalue weighted by atomic mass is 32.1. The Morgan fingerprint density at radius 2 is 2.17 bits per heavy atom. The zero-order valence-corrected chi connectivity index (χ0v) is 11.5. The second kappa shape index (κ2) is 6.25. The zero-order chi connectivity index (χ0) is 13.0. The average Bonchev–Trinajstić information content (AvgIpc) is 2.40. The summed E-state index contributed by atoms with van der Waals surface area (Å²) in [4.78, 5) is 12.9. The molecule has 98 valence electrons. The van der Waals surface area contributed by atoms with Gasteiger partial charge in [-0.15, -0.1) is 12.6 Å². The Balaban J connectivity index is 1.92. The van der Waals surface area contributed by atoms with Crippen molar-refractivity contribution in [1.82, 2.24) is 5.32 Å². The lowest BCUT2D eigenvalue weighted by Gasteiger charge is -2.22. The van der Waals surface area contributed by atoms with Gasteiger partial charge >= 0.3 is 0 Å². The minimum atomic E-state index is -0.00473. The molecule has 1 fully saturated rings. The van der Waals surface area contributed by atoms with Crippen LogP contribution < -0.4 is 5.32 Å². The van der Waals surface area contributed by atoms with Gasteiger partial charge in [-0.1, -0.05) is 6.07 Å². The van der Waals surface area contributed by atoms with E-state index in [1.165, 1.54) is 0 Å². The number of hydrogen-bond acceptors (Lipinski definition) is 3.